The Hall–Kier alpha value is -2.12. The molecule has 2 aromatic rings. The van der Waals surface area contributed by atoms with E-state index in [0.29, 0.717) is 6.04 Å². The zero-order chi connectivity index (χ0) is 22.5. The summed E-state index contributed by atoms with van der Waals surface area (Å²) in [5.74, 6) is 0.116. The standard InChI is InChI=1S/C25H33N3O3S.H2/c1-24(2)15-25(23(30)31-24)11-6-12-28(16-25)17-9-13-27(14-10-17)22(29)20-18-7-4-5-8-19(18)32-21(20)26-3;/h4-5,7-8,17,26H,6,9-16H2,1-3H3;1H. The number of nitrogens with zero attached hydrogens (tertiary/aromatic N) is 2. The molecule has 6 nitrogen and oxygen atoms in total. The van der Waals surface area contributed by atoms with Crippen molar-refractivity contribution in [2.75, 3.05) is 38.5 Å². The number of hydrogen-bond acceptors (Lipinski definition) is 6. The number of esters is 1. The number of benzene rings is 1. The minimum Gasteiger partial charge on any atom is -0.459 e. The van der Waals surface area contributed by atoms with Crippen LogP contribution in [0.3, 0.4) is 0 Å². The lowest BCUT2D eigenvalue weighted by atomic mass is 9.74. The van der Waals surface area contributed by atoms with Gasteiger partial charge in [-0.3, -0.25) is 14.5 Å². The second-order valence-corrected chi connectivity index (χ2v) is 11.3. The lowest BCUT2D eigenvalue weighted by Crippen LogP contribution is -2.53. The minimum absolute atomic E-state index is 0. The monoisotopic (exact) mass is 457 g/mol. The molecule has 1 spiro atoms. The summed E-state index contributed by atoms with van der Waals surface area (Å²) >= 11 is 1.64. The molecule has 1 aromatic carbocycles. The number of carbonyl (C=O) groups is 2. The Morgan fingerprint density at radius 3 is 2.66 bits per heavy atom. The molecule has 4 heterocycles. The quantitative estimate of drug-likeness (QED) is 0.683. The van der Waals surface area contributed by atoms with Crippen LogP contribution in [0.1, 0.15) is 57.7 Å². The zero-order valence-electron chi connectivity index (χ0n) is 19.3. The number of amides is 1. The number of piperidine rings is 2. The van der Waals surface area contributed by atoms with Gasteiger partial charge in [0.1, 0.15) is 10.6 Å². The highest BCUT2D eigenvalue weighted by molar-refractivity contribution is 7.23. The molecule has 3 aliphatic rings. The van der Waals surface area contributed by atoms with E-state index in [0.717, 1.165) is 78.9 Å². The summed E-state index contributed by atoms with van der Waals surface area (Å²) in [6.45, 7) is 7.40. The molecule has 1 aromatic heterocycles. The average molecular weight is 458 g/mol. The van der Waals surface area contributed by atoms with E-state index in [9.17, 15) is 9.59 Å². The van der Waals surface area contributed by atoms with Gasteiger partial charge in [0.15, 0.2) is 0 Å². The highest BCUT2D eigenvalue weighted by Crippen LogP contribution is 2.47. The number of ether oxygens (including phenoxy) is 1. The lowest BCUT2D eigenvalue weighted by Gasteiger charge is -2.44. The Bertz CT molecular complexity index is 1050. The van der Waals surface area contributed by atoms with Gasteiger partial charge in [-0.25, -0.2) is 0 Å². The molecule has 3 fully saturated rings. The van der Waals surface area contributed by atoms with Crippen molar-refractivity contribution >= 4 is 38.3 Å². The van der Waals surface area contributed by atoms with Crippen molar-refractivity contribution in [3.63, 3.8) is 0 Å². The normalized spacial score (nSPS) is 26.6. The van der Waals surface area contributed by atoms with Crippen molar-refractivity contribution in [1.82, 2.24) is 9.80 Å². The summed E-state index contributed by atoms with van der Waals surface area (Å²) in [5.41, 5.74) is 0.107. The number of hydrogen-bond donors (Lipinski definition) is 1. The van der Waals surface area contributed by atoms with Crippen molar-refractivity contribution in [3.05, 3.63) is 29.8 Å². The number of carbonyl (C=O) groups excluding carboxylic acids is 2. The van der Waals surface area contributed by atoms with Gasteiger partial charge in [0.05, 0.1) is 11.0 Å². The van der Waals surface area contributed by atoms with E-state index in [1.54, 1.807) is 11.3 Å². The number of anilines is 1. The maximum atomic E-state index is 13.5. The molecular weight excluding hydrogens is 422 g/mol. The van der Waals surface area contributed by atoms with E-state index in [1.165, 1.54) is 0 Å². The molecule has 3 aliphatic heterocycles. The first-order chi connectivity index (χ1) is 15.3. The van der Waals surface area contributed by atoms with Gasteiger partial charge >= 0.3 is 5.97 Å². The van der Waals surface area contributed by atoms with Crippen LogP contribution in [0.4, 0.5) is 5.00 Å². The summed E-state index contributed by atoms with van der Waals surface area (Å²) in [6, 6.07) is 8.56. The van der Waals surface area contributed by atoms with Crippen LogP contribution in [0.25, 0.3) is 10.1 Å². The zero-order valence-corrected chi connectivity index (χ0v) is 20.1. The highest BCUT2D eigenvalue weighted by atomic mass is 32.1. The molecule has 0 saturated carbocycles. The number of likely N-dealkylation sites (tertiary alicyclic amines) is 2. The Kier molecular flexibility index (Phi) is 5.45. The van der Waals surface area contributed by atoms with E-state index in [-0.39, 0.29) is 24.3 Å². The highest BCUT2D eigenvalue weighted by Gasteiger charge is 2.54. The smallest absolute Gasteiger partial charge is 0.314 e. The van der Waals surface area contributed by atoms with Crippen LogP contribution in [0.5, 0.6) is 0 Å². The van der Waals surface area contributed by atoms with Crippen LogP contribution in [0.15, 0.2) is 24.3 Å². The first-order valence-corrected chi connectivity index (χ1v) is 12.6. The largest absolute Gasteiger partial charge is 0.459 e. The average Bonchev–Trinajstić information content (AvgIpc) is 3.26. The van der Waals surface area contributed by atoms with Crippen LogP contribution >= 0.6 is 11.3 Å². The molecule has 174 valence electrons. The van der Waals surface area contributed by atoms with Crippen LogP contribution in [0.2, 0.25) is 0 Å². The molecule has 5 rings (SSSR count). The predicted octanol–water partition coefficient (Wildman–Crippen LogP) is 4.60. The number of nitrogens with one attached hydrogen (secondary N) is 1. The fourth-order valence-electron chi connectivity index (χ4n) is 6.10. The molecule has 1 atom stereocenters. The molecule has 0 aliphatic carbocycles. The number of rotatable bonds is 3. The first-order valence-electron chi connectivity index (χ1n) is 11.8. The fraction of sp³-hybridized carbons (Fsp3) is 0.600. The molecular formula is C25H35N3O3S. The van der Waals surface area contributed by atoms with E-state index in [1.807, 2.05) is 44.0 Å². The van der Waals surface area contributed by atoms with Crippen molar-refractivity contribution in [2.45, 2.75) is 57.6 Å². The topological polar surface area (TPSA) is 61.9 Å². The predicted molar refractivity (Wildman–Crippen MR) is 130 cm³/mol. The van der Waals surface area contributed by atoms with Gasteiger partial charge in [0.2, 0.25) is 0 Å². The second kappa shape index (κ2) is 8.03. The molecule has 1 amide bonds. The van der Waals surface area contributed by atoms with E-state index < -0.39 is 0 Å². The number of fused-ring (bicyclic) bond motifs is 1. The number of thiophene rings is 1. The van der Waals surface area contributed by atoms with Gasteiger partial charge in [0.25, 0.3) is 5.91 Å². The maximum absolute atomic E-state index is 13.5. The Labute approximate surface area is 195 Å². The minimum atomic E-state index is -0.357. The first kappa shape index (κ1) is 21.7. The van der Waals surface area contributed by atoms with Crippen molar-refractivity contribution < 1.29 is 15.8 Å². The molecule has 7 heteroatoms. The summed E-state index contributed by atoms with van der Waals surface area (Å²) in [4.78, 5) is 30.7. The molecule has 1 N–H and O–H groups in total. The van der Waals surface area contributed by atoms with Gasteiger partial charge in [-0.05, 0) is 52.1 Å². The van der Waals surface area contributed by atoms with Crippen molar-refractivity contribution in [3.8, 4) is 0 Å². The molecule has 32 heavy (non-hydrogen) atoms. The third kappa shape index (κ3) is 3.69. The third-order valence-corrected chi connectivity index (χ3v) is 8.67. The van der Waals surface area contributed by atoms with Crippen molar-refractivity contribution in [1.29, 1.82) is 0 Å². The maximum Gasteiger partial charge on any atom is 0.314 e. The molecule has 1 unspecified atom stereocenters. The molecule has 3 saturated heterocycles. The van der Waals surface area contributed by atoms with E-state index in [4.69, 9.17) is 4.74 Å². The summed E-state index contributed by atoms with van der Waals surface area (Å²) in [5, 5.41) is 5.20. The molecule has 0 bridgehead atoms. The molecule has 0 radical (unpaired) electrons. The second-order valence-electron chi connectivity index (χ2n) is 10.3. The van der Waals surface area contributed by atoms with Gasteiger partial charge in [-0.2, -0.15) is 0 Å². The van der Waals surface area contributed by atoms with E-state index >= 15 is 0 Å². The Morgan fingerprint density at radius 2 is 1.97 bits per heavy atom. The SMILES string of the molecule is CNc1sc2ccccc2c1C(=O)N1CCC(N2CCCC3(C2)CC(C)(C)OC3=O)CC1.[HH]. The third-order valence-electron chi connectivity index (χ3n) is 7.48. The van der Waals surface area contributed by atoms with Crippen LogP contribution in [0, 0.1) is 5.41 Å². The van der Waals surface area contributed by atoms with Gasteiger partial charge in [0, 0.05) is 50.7 Å². The van der Waals surface area contributed by atoms with E-state index in [2.05, 4.69) is 16.3 Å². The Balaban J connectivity index is 0.00000259. The summed E-state index contributed by atoms with van der Waals surface area (Å²) in [7, 11) is 1.88. The Morgan fingerprint density at radius 1 is 1.22 bits per heavy atom. The van der Waals surface area contributed by atoms with Crippen LogP contribution in [-0.2, 0) is 9.53 Å². The number of cyclic esters (lactones) is 1. The summed E-state index contributed by atoms with van der Waals surface area (Å²) < 4.78 is 6.84. The van der Waals surface area contributed by atoms with Crippen LogP contribution in [-0.4, -0.2) is 66.5 Å². The van der Waals surface area contributed by atoms with Gasteiger partial charge in [-0.1, -0.05) is 18.2 Å². The lowest BCUT2D eigenvalue weighted by molar-refractivity contribution is -0.154. The van der Waals surface area contributed by atoms with Gasteiger partial charge < -0.3 is 15.0 Å². The van der Waals surface area contributed by atoms with Crippen molar-refractivity contribution in [2.24, 2.45) is 5.41 Å². The van der Waals surface area contributed by atoms with Gasteiger partial charge in [-0.15, -0.1) is 11.3 Å². The summed E-state index contributed by atoms with van der Waals surface area (Å²) in [6.07, 6.45) is 4.69. The van der Waals surface area contributed by atoms with Crippen LogP contribution < -0.4 is 5.32 Å². The fourth-order valence-corrected chi connectivity index (χ4v) is 7.15.